The van der Waals surface area contributed by atoms with E-state index in [1.54, 1.807) is 0 Å². The zero-order valence-electron chi connectivity index (χ0n) is 9.63. The van der Waals surface area contributed by atoms with Crippen LogP contribution < -0.4 is 0 Å². The molecule has 0 aromatic carbocycles. The van der Waals surface area contributed by atoms with Crippen LogP contribution in [0.3, 0.4) is 0 Å². The summed E-state index contributed by atoms with van der Waals surface area (Å²) in [5, 5.41) is 0. The van der Waals surface area contributed by atoms with Crippen LogP contribution in [-0.4, -0.2) is 25.9 Å². The van der Waals surface area contributed by atoms with E-state index < -0.39 is 0 Å². The van der Waals surface area contributed by atoms with Crippen molar-refractivity contribution in [1.29, 1.82) is 0 Å². The van der Waals surface area contributed by atoms with Crippen molar-refractivity contribution < 1.29 is 9.47 Å². The molecule has 0 aromatic heterocycles. The first-order valence-corrected chi connectivity index (χ1v) is 6.07. The van der Waals surface area contributed by atoms with Crippen molar-refractivity contribution in [1.82, 2.24) is 0 Å². The van der Waals surface area contributed by atoms with Gasteiger partial charge >= 0.3 is 0 Å². The van der Waals surface area contributed by atoms with E-state index >= 15 is 0 Å². The van der Waals surface area contributed by atoms with Crippen molar-refractivity contribution in [2.24, 2.45) is 5.92 Å². The minimum Gasteiger partial charge on any atom is -0.376 e. The average Bonchev–Trinajstić information content (AvgIpc) is 2.26. The maximum absolute atomic E-state index is 5.74. The van der Waals surface area contributed by atoms with Gasteiger partial charge in [0.15, 0.2) is 0 Å². The molecule has 0 bridgehead atoms. The predicted molar refractivity (Wildman–Crippen MR) is 58.5 cm³/mol. The van der Waals surface area contributed by atoms with Crippen LogP contribution in [-0.2, 0) is 9.47 Å². The van der Waals surface area contributed by atoms with E-state index in [0.717, 1.165) is 19.8 Å². The SMILES string of the molecule is CCCCCC(CC)C1COCCO1. The zero-order chi connectivity index (χ0) is 10.2. The molecule has 1 fully saturated rings. The van der Waals surface area contributed by atoms with Gasteiger partial charge in [0.05, 0.1) is 25.9 Å². The van der Waals surface area contributed by atoms with E-state index in [0.29, 0.717) is 12.0 Å². The second kappa shape index (κ2) is 7.24. The molecule has 1 rings (SSSR count). The second-order valence-corrected chi connectivity index (χ2v) is 4.15. The van der Waals surface area contributed by atoms with Crippen LogP contribution in [0.25, 0.3) is 0 Å². The normalized spacial score (nSPS) is 24.9. The highest BCUT2D eigenvalue weighted by Crippen LogP contribution is 2.21. The molecule has 2 atom stereocenters. The lowest BCUT2D eigenvalue weighted by Gasteiger charge is -2.29. The van der Waals surface area contributed by atoms with Gasteiger partial charge in [-0.25, -0.2) is 0 Å². The summed E-state index contributed by atoms with van der Waals surface area (Å²) in [5.74, 6) is 0.710. The Hall–Kier alpha value is -0.0800. The number of unbranched alkanes of at least 4 members (excludes halogenated alkanes) is 2. The largest absolute Gasteiger partial charge is 0.376 e. The Morgan fingerprint density at radius 1 is 1.21 bits per heavy atom. The van der Waals surface area contributed by atoms with Crippen molar-refractivity contribution in [2.75, 3.05) is 19.8 Å². The Labute approximate surface area is 88.0 Å². The van der Waals surface area contributed by atoms with Crippen LogP contribution >= 0.6 is 0 Å². The van der Waals surface area contributed by atoms with Gasteiger partial charge in [0.2, 0.25) is 0 Å². The Morgan fingerprint density at radius 3 is 2.64 bits per heavy atom. The maximum Gasteiger partial charge on any atom is 0.0837 e. The Bertz CT molecular complexity index is 130. The molecule has 14 heavy (non-hydrogen) atoms. The fourth-order valence-corrected chi connectivity index (χ4v) is 2.09. The van der Waals surface area contributed by atoms with Crippen LogP contribution in [0.4, 0.5) is 0 Å². The molecule has 1 saturated heterocycles. The smallest absolute Gasteiger partial charge is 0.0837 e. The first kappa shape index (κ1) is 12.0. The van der Waals surface area contributed by atoms with Gasteiger partial charge in [-0.2, -0.15) is 0 Å². The van der Waals surface area contributed by atoms with Gasteiger partial charge in [-0.15, -0.1) is 0 Å². The molecule has 2 heteroatoms. The van der Waals surface area contributed by atoms with E-state index in [4.69, 9.17) is 9.47 Å². The molecule has 0 N–H and O–H groups in total. The van der Waals surface area contributed by atoms with Gasteiger partial charge in [-0.05, 0) is 12.3 Å². The van der Waals surface area contributed by atoms with Crippen LogP contribution in [0.15, 0.2) is 0 Å². The van der Waals surface area contributed by atoms with Crippen LogP contribution in [0.5, 0.6) is 0 Å². The van der Waals surface area contributed by atoms with E-state index in [1.807, 2.05) is 0 Å². The summed E-state index contributed by atoms with van der Waals surface area (Å²) < 4.78 is 11.2. The third-order valence-corrected chi connectivity index (χ3v) is 3.07. The molecule has 0 saturated carbocycles. The quantitative estimate of drug-likeness (QED) is 0.614. The maximum atomic E-state index is 5.74. The van der Waals surface area contributed by atoms with Gasteiger partial charge < -0.3 is 9.47 Å². The molecule has 0 spiro atoms. The first-order chi connectivity index (χ1) is 6.88. The van der Waals surface area contributed by atoms with Gasteiger partial charge in [-0.1, -0.05) is 39.5 Å². The molecule has 84 valence electrons. The highest BCUT2D eigenvalue weighted by Gasteiger charge is 2.22. The van der Waals surface area contributed by atoms with Crippen molar-refractivity contribution in [3.8, 4) is 0 Å². The second-order valence-electron chi connectivity index (χ2n) is 4.15. The molecule has 2 nitrogen and oxygen atoms in total. The van der Waals surface area contributed by atoms with Gasteiger partial charge in [0.25, 0.3) is 0 Å². The lowest BCUT2D eigenvalue weighted by atomic mass is 9.93. The van der Waals surface area contributed by atoms with Crippen molar-refractivity contribution >= 4 is 0 Å². The standard InChI is InChI=1S/C12H24O2/c1-3-5-6-7-11(4-2)12-10-13-8-9-14-12/h11-12H,3-10H2,1-2H3. The van der Waals surface area contributed by atoms with Crippen molar-refractivity contribution in [3.05, 3.63) is 0 Å². The fourth-order valence-electron chi connectivity index (χ4n) is 2.09. The third-order valence-electron chi connectivity index (χ3n) is 3.07. The fraction of sp³-hybridized carbons (Fsp3) is 1.00. The zero-order valence-corrected chi connectivity index (χ0v) is 9.63. The highest BCUT2D eigenvalue weighted by atomic mass is 16.6. The summed E-state index contributed by atoms with van der Waals surface area (Å²) in [6.07, 6.45) is 6.89. The molecular weight excluding hydrogens is 176 g/mol. The van der Waals surface area contributed by atoms with Gasteiger partial charge in [0, 0.05) is 0 Å². The van der Waals surface area contributed by atoms with Crippen LogP contribution in [0.1, 0.15) is 46.0 Å². The number of rotatable bonds is 6. The number of ether oxygens (including phenoxy) is 2. The molecule has 1 heterocycles. The van der Waals surface area contributed by atoms with E-state index in [-0.39, 0.29) is 0 Å². The molecular formula is C12H24O2. The summed E-state index contributed by atoms with van der Waals surface area (Å²) >= 11 is 0. The molecule has 0 aromatic rings. The lowest BCUT2D eigenvalue weighted by Crippen LogP contribution is -2.34. The summed E-state index contributed by atoms with van der Waals surface area (Å²) in [6.45, 7) is 6.89. The summed E-state index contributed by atoms with van der Waals surface area (Å²) in [4.78, 5) is 0. The highest BCUT2D eigenvalue weighted by molar-refractivity contribution is 4.71. The summed E-state index contributed by atoms with van der Waals surface area (Å²) in [5.41, 5.74) is 0. The molecule has 1 aliphatic heterocycles. The summed E-state index contributed by atoms with van der Waals surface area (Å²) in [7, 11) is 0. The lowest BCUT2D eigenvalue weighted by molar-refractivity contribution is -0.112. The third kappa shape index (κ3) is 3.97. The van der Waals surface area contributed by atoms with Crippen molar-refractivity contribution in [3.63, 3.8) is 0 Å². The molecule has 2 unspecified atom stereocenters. The Balaban J connectivity index is 2.21. The molecule has 1 aliphatic rings. The van der Waals surface area contributed by atoms with Crippen LogP contribution in [0, 0.1) is 5.92 Å². The van der Waals surface area contributed by atoms with E-state index in [9.17, 15) is 0 Å². The monoisotopic (exact) mass is 200 g/mol. The minimum absolute atomic E-state index is 0.366. The molecule has 0 aliphatic carbocycles. The predicted octanol–water partition coefficient (Wildman–Crippen LogP) is 3.01. The Kier molecular flexibility index (Phi) is 6.20. The average molecular weight is 200 g/mol. The van der Waals surface area contributed by atoms with Gasteiger partial charge in [-0.3, -0.25) is 0 Å². The summed E-state index contributed by atoms with van der Waals surface area (Å²) in [6, 6.07) is 0. The Morgan fingerprint density at radius 2 is 2.07 bits per heavy atom. The first-order valence-electron chi connectivity index (χ1n) is 6.07. The number of hydrogen-bond donors (Lipinski definition) is 0. The molecule has 0 amide bonds. The van der Waals surface area contributed by atoms with Crippen LogP contribution in [0.2, 0.25) is 0 Å². The van der Waals surface area contributed by atoms with E-state index in [1.165, 1.54) is 32.1 Å². The van der Waals surface area contributed by atoms with Gasteiger partial charge in [0.1, 0.15) is 0 Å². The topological polar surface area (TPSA) is 18.5 Å². The number of hydrogen-bond acceptors (Lipinski definition) is 2. The minimum atomic E-state index is 0.366. The van der Waals surface area contributed by atoms with Crippen molar-refractivity contribution in [2.45, 2.75) is 52.1 Å². The van der Waals surface area contributed by atoms with E-state index in [2.05, 4.69) is 13.8 Å². The molecule has 0 radical (unpaired) electrons.